The fourth-order valence-electron chi connectivity index (χ4n) is 2.63. The second-order valence-electron chi connectivity index (χ2n) is 5.72. The van der Waals surface area contributed by atoms with E-state index in [0.717, 1.165) is 0 Å². The monoisotopic (exact) mass is 329 g/mol. The minimum atomic E-state index is -1.05. The Bertz CT molecular complexity index is 532. The Morgan fingerprint density at radius 2 is 1.87 bits per heavy atom. The maximum Gasteiger partial charge on any atom is 0.305 e. The van der Waals surface area contributed by atoms with Crippen molar-refractivity contribution in [3.8, 4) is 0 Å². The highest BCUT2D eigenvalue weighted by atomic mass is 16.8. The second-order valence-corrected chi connectivity index (χ2v) is 5.72. The van der Waals surface area contributed by atoms with Gasteiger partial charge in [0.05, 0.1) is 6.04 Å². The van der Waals surface area contributed by atoms with E-state index in [2.05, 4.69) is 10.0 Å². The third-order valence-corrected chi connectivity index (χ3v) is 3.38. The van der Waals surface area contributed by atoms with E-state index in [-0.39, 0.29) is 6.61 Å². The number of nitrogens with zero attached hydrogens (tertiary/aromatic N) is 3. The van der Waals surface area contributed by atoms with Gasteiger partial charge in [0.2, 0.25) is 6.29 Å². The van der Waals surface area contributed by atoms with Crippen LogP contribution in [0.2, 0.25) is 0 Å². The molecule has 0 aromatic heterocycles. The molecule has 0 spiro atoms. The van der Waals surface area contributed by atoms with Gasteiger partial charge < -0.3 is 23.7 Å². The van der Waals surface area contributed by atoms with Crippen molar-refractivity contribution in [2.24, 2.45) is 5.11 Å². The highest BCUT2D eigenvalue weighted by molar-refractivity contribution is 5.66. The Morgan fingerprint density at radius 3 is 2.43 bits per heavy atom. The second kappa shape index (κ2) is 6.71. The average molecular weight is 329 g/mol. The summed E-state index contributed by atoms with van der Waals surface area (Å²) in [5, 5.41) is 3.68. The molecular formula is C13H19N3O7. The van der Waals surface area contributed by atoms with Crippen LogP contribution in [0.5, 0.6) is 0 Å². The van der Waals surface area contributed by atoms with E-state index in [1.807, 2.05) is 0 Å². The summed E-state index contributed by atoms with van der Waals surface area (Å²) in [6.07, 6.45) is -3.32. The largest absolute Gasteiger partial charge is 0.463 e. The number of esters is 2. The molecule has 0 bridgehead atoms. The lowest BCUT2D eigenvalue weighted by Crippen LogP contribution is -2.57. The van der Waals surface area contributed by atoms with Gasteiger partial charge in [0.25, 0.3) is 0 Å². The summed E-state index contributed by atoms with van der Waals surface area (Å²) in [5.41, 5.74) is 8.79. The van der Waals surface area contributed by atoms with Gasteiger partial charge in [0.15, 0.2) is 5.79 Å². The molecule has 128 valence electrons. The minimum absolute atomic E-state index is 0.163. The van der Waals surface area contributed by atoms with E-state index in [9.17, 15) is 9.59 Å². The molecular weight excluding hydrogens is 310 g/mol. The molecule has 0 aromatic carbocycles. The summed E-state index contributed by atoms with van der Waals surface area (Å²) < 4.78 is 27.1. The van der Waals surface area contributed by atoms with Crippen LogP contribution in [0.1, 0.15) is 27.7 Å². The summed E-state index contributed by atoms with van der Waals surface area (Å²) in [6.45, 7) is 5.69. The normalized spacial score (nSPS) is 34.9. The number of ether oxygens (including phenoxy) is 5. The van der Waals surface area contributed by atoms with E-state index >= 15 is 0 Å². The Balaban J connectivity index is 2.26. The fourth-order valence-corrected chi connectivity index (χ4v) is 2.63. The summed E-state index contributed by atoms with van der Waals surface area (Å²) >= 11 is 0. The smallest absolute Gasteiger partial charge is 0.305 e. The maximum atomic E-state index is 11.3. The molecule has 10 heteroatoms. The van der Waals surface area contributed by atoms with Crippen molar-refractivity contribution in [2.75, 3.05) is 6.61 Å². The molecule has 2 heterocycles. The van der Waals surface area contributed by atoms with Gasteiger partial charge in [-0.05, 0) is 19.4 Å². The highest BCUT2D eigenvalue weighted by Gasteiger charge is 2.56. The van der Waals surface area contributed by atoms with E-state index in [1.165, 1.54) is 13.8 Å². The van der Waals surface area contributed by atoms with Crippen LogP contribution < -0.4 is 0 Å². The molecule has 2 aliphatic rings. The van der Waals surface area contributed by atoms with Crippen LogP contribution in [0, 0.1) is 0 Å². The zero-order valence-corrected chi connectivity index (χ0v) is 13.3. The molecule has 0 amide bonds. The first kappa shape index (κ1) is 17.5. The van der Waals surface area contributed by atoms with E-state index in [1.54, 1.807) is 13.8 Å². The first-order valence-electron chi connectivity index (χ1n) is 7.09. The number of hydrogen-bond donors (Lipinski definition) is 0. The molecule has 5 atom stereocenters. The Hall–Kier alpha value is -1.87. The van der Waals surface area contributed by atoms with Gasteiger partial charge in [-0.25, -0.2) is 0 Å². The summed E-state index contributed by atoms with van der Waals surface area (Å²) in [4.78, 5) is 25.1. The lowest BCUT2D eigenvalue weighted by atomic mass is 9.97. The number of carbonyl (C=O) groups is 2. The zero-order chi connectivity index (χ0) is 17.2. The van der Waals surface area contributed by atoms with Crippen LogP contribution in [0.15, 0.2) is 5.11 Å². The first-order chi connectivity index (χ1) is 10.7. The Kier molecular flexibility index (Phi) is 5.10. The van der Waals surface area contributed by atoms with Gasteiger partial charge in [-0.1, -0.05) is 5.11 Å². The first-order valence-corrected chi connectivity index (χ1v) is 7.09. The molecule has 2 saturated heterocycles. The predicted octanol–water partition coefficient (Wildman–Crippen LogP) is 1.04. The summed E-state index contributed by atoms with van der Waals surface area (Å²) in [5.74, 6) is -2.03. The van der Waals surface area contributed by atoms with Crippen molar-refractivity contribution in [3.05, 3.63) is 10.4 Å². The fraction of sp³-hybridized carbons (Fsp3) is 0.846. The van der Waals surface area contributed by atoms with E-state index < -0.39 is 48.4 Å². The quantitative estimate of drug-likeness (QED) is 0.326. The van der Waals surface area contributed by atoms with Crippen molar-refractivity contribution in [3.63, 3.8) is 0 Å². The molecule has 2 fully saturated rings. The van der Waals surface area contributed by atoms with Gasteiger partial charge in [-0.2, -0.15) is 0 Å². The van der Waals surface area contributed by atoms with Crippen LogP contribution >= 0.6 is 0 Å². The molecule has 10 nitrogen and oxygen atoms in total. The van der Waals surface area contributed by atoms with Crippen LogP contribution in [0.3, 0.4) is 0 Å². The molecule has 0 saturated carbocycles. The Labute approximate surface area is 132 Å². The molecule has 23 heavy (non-hydrogen) atoms. The third-order valence-electron chi connectivity index (χ3n) is 3.38. The molecule has 2 aliphatic heterocycles. The van der Waals surface area contributed by atoms with Crippen molar-refractivity contribution in [2.45, 2.75) is 64.1 Å². The number of rotatable bonds is 4. The standard InChI is InChI=1S/C13H19N3O7/c1-6(17)19-5-8-9(15-16-14)10-11(23-13(3,4)22-10)12(21-8)20-7(2)18/h8-12H,5H2,1-4H3/t8-,9-,10+,11+,12+/m1/s1. The van der Waals surface area contributed by atoms with Gasteiger partial charge in [0, 0.05) is 18.8 Å². The predicted molar refractivity (Wildman–Crippen MR) is 73.8 cm³/mol. The van der Waals surface area contributed by atoms with Crippen LogP contribution in [-0.4, -0.2) is 55.0 Å². The molecule has 0 radical (unpaired) electrons. The van der Waals surface area contributed by atoms with Gasteiger partial charge in [-0.15, -0.1) is 0 Å². The van der Waals surface area contributed by atoms with Crippen LogP contribution in [-0.2, 0) is 33.3 Å². The lowest BCUT2D eigenvalue weighted by molar-refractivity contribution is -0.253. The Morgan fingerprint density at radius 1 is 1.22 bits per heavy atom. The van der Waals surface area contributed by atoms with Crippen molar-refractivity contribution in [1.82, 2.24) is 0 Å². The number of hydrogen-bond acceptors (Lipinski definition) is 8. The topological polar surface area (TPSA) is 129 Å². The number of carbonyl (C=O) groups excluding carboxylic acids is 2. The summed E-state index contributed by atoms with van der Waals surface area (Å²) in [6, 6.07) is -0.794. The molecule has 2 rings (SSSR count). The van der Waals surface area contributed by atoms with Gasteiger partial charge >= 0.3 is 11.9 Å². The van der Waals surface area contributed by atoms with Gasteiger partial charge in [-0.3, -0.25) is 9.59 Å². The van der Waals surface area contributed by atoms with Crippen molar-refractivity contribution < 1.29 is 33.3 Å². The maximum absolute atomic E-state index is 11.3. The zero-order valence-electron chi connectivity index (χ0n) is 13.3. The molecule has 0 unspecified atom stereocenters. The van der Waals surface area contributed by atoms with Crippen molar-refractivity contribution in [1.29, 1.82) is 0 Å². The average Bonchev–Trinajstić information content (AvgIpc) is 2.75. The van der Waals surface area contributed by atoms with Crippen LogP contribution in [0.25, 0.3) is 10.4 Å². The number of fused-ring (bicyclic) bond motifs is 1. The molecule has 0 N–H and O–H groups in total. The van der Waals surface area contributed by atoms with E-state index in [4.69, 9.17) is 29.2 Å². The molecule has 0 aromatic rings. The van der Waals surface area contributed by atoms with E-state index in [0.29, 0.717) is 0 Å². The summed E-state index contributed by atoms with van der Waals surface area (Å²) in [7, 11) is 0. The van der Waals surface area contributed by atoms with Crippen LogP contribution in [0.4, 0.5) is 0 Å². The van der Waals surface area contributed by atoms with Gasteiger partial charge in [0.1, 0.15) is 24.9 Å². The number of azide groups is 1. The van der Waals surface area contributed by atoms with Crippen molar-refractivity contribution >= 4 is 11.9 Å². The SMILES string of the molecule is CC(=O)OC[C@H]1O[C@H](OC(C)=O)[C@H]2OC(C)(C)O[C@H]2[C@@H]1N=[N+]=[N-]. The lowest BCUT2D eigenvalue weighted by Gasteiger charge is -2.39. The molecule has 0 aliphatic carbocycles. The minimum Gasteiger partial charge on any atom is -0.463 e. The third kappa shape index (κ3) is 4.11. The highest BCUT2D eigenvalue weighted by Crippen LogP contribution is 2.39.